The van der Waals surface area contributed by atoms with Crippen molar-refractivity contribution in [1.82, 2.24) is 5.32 Å². The molecule has 0 saturated heterocycles. The van der Waals surface area contributed by atoms with Crippen LogP contribution in [0.1, 0.15) is 6.92 Å². The van der Waals surface area contributed by atoms with E-state index in [0.717, 1.165) is 0 Å². The largest absolute Gasteiger partial charge is 0.450 e. The zero-order chi connectivity index (χ0) is 11.0. The SMILES string of the molecule is CCOC(=O)NCC(OC)C(=O)CBr. The summed E-state index contributed by atoms with van der Waals surface area (Å²) in [5.74, 6) is -0.121. The van der Waals surface area contributed by atoms with Crippen molar-refractivity contribution in [3.8, 4) is 0 Å². The van der Waals surface area contributed by atoms with E-state index in [0.29, 0.717) is 6.61 Å². The van der Waals surface area contributed by atoms with Crippen molar-refractivity contribution in [2.45, 2.75) is 13.0 Å². The topological polar surface area (TPSA) is 64.6 Å². The van der Waals surface area contributed by atoms with Crippen LogP contribution in [-0.2, 0) is 14.3 Å². The molecule has 0 fully saturated rings. The maximum absolute atomic E-state index is 11.1. The summed E-state index contributed by atoms with van der Waals surface area (Å²) < 4.78 is 9.50. The highest BCUT2D eigenvalue weighted by molar-refractivity contribution is 9.09. The zero-order valence-corrected chi connectivity index (χ0v) is 9.80. The molecule has 5 nitrogen and oxygen atoms in total. The summed E-state index contributed by atoms with van der Waals surface area (Å²) in [6.07, 6.45) is -1.17. The number of halogens is 1. The molecule has 0 aliphatic heterocycles. The van der Waals surface area contributed by atoms with E-state index in [1.165, 1.54) is 7.11 Å². The number of ketones is 1. The molecule has 0 aliphatic carbocycles. The average Bonchev–Trinajstić information content (AvgIpc) is 2.18. The third-order valence-corrected chi connectivity index (χ3v) is 2.04. The van der Waals surface area contributed by atoms with Gasteiger partial charge in [-0.3, -0.25) is 4.79 Å². The van der Waals surface area contributed by atoms with E-state index < -0.39 is 12.2 Å². The molecule has 1 amide bonds. The van der Waals surface area contributed by atoms with Gasteiger partial charge in [-0.1, -0.05) is 15.9 Å². The van der Waals surface area contributed by atoms with Gasteiger partial charge in [0.05, 0.1) is 18.5 Å². The predicted octanol–water partition coefficient (Wildman–Crippen LogP) is 0.711. The van der Waals surface area contributed by atoms with Crippen LogP contribution < -0.4 is 5.32 Å². The van der Waals surface area contributed by atoms with Gasteiger partial charge in [-0.2, -0.15) is 0 Å². The predicted molar refractivity (Wildman–Crippen MR) is 54.6 cm³/mol. The Hall–Kier alpha value is -0.620. The number of hydrogen-bond donors (Lipinski definition) is 1. The molecule has 82 valence electrons. The zero-order valence-electron chi connectivity index (χ0n) is 8.21. The Balaban J connectivity index is 3.83. The number of carbonyl (C=O) groups excluding carboxylic acids is 2. The maximum Gasteiger partial charge on any atom is 0.407 e. The summed E-state index contributed by atoms with van der Waals surface area (Å²) in [5.41, 5.74) is 0. The molecule has 1 atom stereocenters. The van der Waals surface area contributed by atoms with Crippen LogP contribution in [0.2, 0.25) is 0 Å². The summed E-state index contributed by atoms with van der Waals surface area (Å²) in [6, 6.07) is 0. The smallest absolute Gasteiger partial charge is 0.407 e. The second-order valence-electron chi connectivity index (χ2n) is 2.43. The lowest BCUT2D eigenvalue weighted by atomic mass is 10.2. The summed E-state index contributed by atoms with van der Waals surface area (Å²) in [5, 5.41) is 2.63. The van der Waals surface area contributed by atoms with E-state index in [4.69, 9.17) is 4.74 Å². The van der Waals surface area contributed by atoms with Gasteiger partial charge in [-0.15, -0.1) is 0 Å². The van der Waals surface area contributed by atoms with Crippen molar-refractivity contribution < 1.29 is 19.1 Å². The summed E-state index contributed by atoms with van der Waals surface area (Å²) in [4.78, 5) is 22.0. The molecule has 0 aromatic heterocycles. The summed E-state index contributed by atoms with van der Waals surface area (Å²) in [6.45, 7) is 2.13. The first kappa shape index (κ1) is 13.4. The van der Waals surface area contributed by atoms with Crippen LogP contribution in [0.3, 0.4) is 0 Å². The van der Waals surface area contributed by atoms with Gasteiger partial charge in [0, 0.05) is 7.11 Å². The van der Waals surface area contributed by atoms with Crippen LogP contribution in [0.15, 0.2) is 0 Å². The Kier molecular flexibility index (Phi) is 7.41. The molecule has 6 heteroatoms. The normalized spacial score (nSPS) is 11.9. The molecule has 0 radical (unpaired) electrons. The number of rotatable bonds is 6. The van der Waals surface area contributed by atoms with Crippen molar-refractivity contribution in [1.29, 1.82) is 0 Å². The molecular weight excluding hydrogens is 254 g/mol. The number of carbonyl (C=O) groups is 2. The summed E-state index contributed by atoms with van der Waals surface area (Å²) in [7, 11) is 1.41. The molecule has 14 heavy (non-hydrogen) atoms. The Morgan fingerprint density at radius 2 is 2.14 bits per heavy atom. The van der Waals surface area contributed by atoms with Crippen molar-refractivity contribution in [3.05, 3.63) is 0 Å². The highest BCUT2D eigenvalue weighted by Crippen LogP contribution is 1.95. The number of ether oxygens (including phenoxy) is 2. The number of alkyl halides is 1. The lowest BCUT2D eigenvalue weighted by molar-refractivity contribution is -0.125. The van der Waals surface area contributed by atoms with E-state index in [2.05, 4.69) is 26.0 Å². The quantitative estimate of drug-likeness (QED) is 0.720. The number of hydrogen-bond acceptors (Lipinski definition) is 4. The maximum atomic E-state index is 11.1. The molecule has 0 spiro atoms. The fourth-order valence-corrected chi connectivity index (χ4v) is 1.13. The van der Waals surface area contributed by atoms with Gasteiger partial charge < -0.3 is 14.8 Å². The van der Waals surface area contributed by atoms with Gasteiger partial charge in [0.1, 0.15) is 6.10 Å². The molecule has 1 N–H and O–H groups in total. The van der Waals surface area contributed by atoms with Crippen LogP contribution in [-0.4, -0.2) is 43.6 Å². The molecule has 1 unspecified atom stereocenters. The van der Waals surface area contributed by atoms with Gasteiger partial charge in [0.25, 0.3) is 0 Å². The van der Waals surface area contributed by atoms with E-state index in [1.54, 1.807) is 6.92 Å². The minimum Gasteiger partial charge on any atom is -0.450 e. The number of methoxy groups -OCH3 is 1. The minimum atomic E-state index is -0.626. The second kappa shape index (κ2) is 7.75. The molecule has 0 bridgehead atoms. The highest BCUT2D eigenvalue weighted by Gasteiger charge is 2.17. The minimum absolute atomic E-state index is 0.121. The van der Waals surface area contributed by atoms with Crippen molar-refractivity contribution >= 4 is 27.8 Å². The number of alkyl carbamates (subject to hydrolysis) is 1. The van der Waals surface area contributed by atoms with Gasteiger partial charge in [-0.05, 0) is 6.92 Å². The van der Waals surface area contributed by atoms with Gasteiger partial charge in [0.2, 0.25) is 0 Å². The monoisotopic (exact) mass is 267 g/mol. The third kappa shape index (κ3) is 5.18. The van der Waals surface area contributed by atoms with Crippen LogP contribution >= 0.6 is 15.9 Å². The van der Waals surface area contributed by atoms with Crippen molar-refractivity contribution in [2.75, 3.05) is 25.6 Å². The van der Waals surface area contributed by atoms with E-state index in [1.807, 2.05) is 0 Å². The van der Waals surface area contributed by atoms with Crippen molar-refractivity contribution in [2.24, 2.45) is 0 Å². The molecule has 0 saturated carbocycles. The standard InChI is InChI=1S/C8H14BrNO4/c1-3-14-8(12)10-5-7(13-2)6(11)4-9/h7H,3-5H2,1-2H3,(H,10,12). The Morgan fingerprint density at radius 1 is 1.50 bits per heavy atom. The van der Waals surface area contributed by atoms with E-state index in [-0.39, 0.29) is 17.7 Å². The third-order valence-electron chi connectivity index (χ3n) is 1.48. The molecule has 0 heterocycles. The first-order valence-electron chi connectivity index (χ1n) is 4.17. The fraction of sp³-hybridized carbons (Fsp3) is 0.750. The number of nitrogens with one attached hydrogen (secondary N) is 1. The Morgan fingerprint density at radius 3 is 2.57 bits per heavy atom. The highest BCUT2D eigenvalue weighted by atomic mass is 79.9. The van der Waals surface area contributed by atoms with Gasteiger partial charge >= 0.3 is 6.09 Å². The van der Waals surface area contributed by atoms with Crippen LogP contribution in [0.4, 0.5) is 4.79 Å². The lowest BCUT2D eigenvalue weighted by Crippen LogP contribution is -2.38. The molecule has 0 aromatic carbocycles. The van der Waals surface area contributed by atoms with Crippen LogP contribution in [0.25, 0.3) is 0 Å². The van der Waals surface area contributed by atoms with Crippen LogP contribution in [0.5, 0.6) is 0 Å². The lowest BCUT2D eigenvalue weighted by Gasteiger charge is -2.13. The first-order valence-corrected chi connectivity index (χ1v) is 5.29. The average molecular weight is 268 g/mol. The Bertz CT molecular complexity index is 198. The van der Waals surface area contributed by atoms with Crippen LogP contribution in [0, 0.1) is 0 Å². The molecular formula is C8H14BrNO4. The Labute approximate surface area is 91.3 Å². The van der Waals surface area contributed by atoms with Gasteiger partial charge in [0.15, 0.2) is 5.78 Å². The second-order valence-corrected chi connectivity index (χ2v) is 2.99. The number of amides is 1. The van der Waals surface area contributed by atoms with Gasteiger partial charge in [-0.25, -0.2) is 4.79 Å². The van der Waals surface area contributed by atoms with Crippen molar-refractivity contribution in [3.63, 3.8) is 0 Å². The van der Waals surface area contributed by atoms with E-state index >= 15 is 0 Å². The van der Waals surface area contributed by atoms with E-state index in [9.17, 15) is 9.59 Å². The molecule has 0 aromatic rings. The summed E-state index contributed by atoms with van der Waals surface area (Å²) >= 11 is 3.02. The molecule has 0 rings (SSSR count). The number of Topliss-reactive ketones (excluding diaryl/α,β-unsaturated/α-hetero) is 1. The molecule has 0 aliphatic rings. The fourth-order valence-electron chi connectivity index (χ4n) is 0.773. The first-order chi connectivity index (χ1) is 6.65.